The first-order chi connectivity index (χ1) is 10.0. The maximum Gasteiger partial charge on any atom is 0.249 e. The summed E-state index contributed by atoms with van der Waals surface area (Å²) in [6.45, 7) is 0.0845. The summed E-state index contributed by atoms with van der Waals surface area (Å²) >= 11 is 5.78. The van der Waals surface area contributed by atoms with Crippen LogP contribution in [0.15, 0.2) is 36.4 Å². The van der Waals surface area contributed by atoms with Crippen LogP contribution < -0.4 is 5.73 Å². The lowest BCUT2D eigenvalue weighted by Crippen LogP contribution is -2.13. The van der Waals surface area contributed by atoms with Crippen LogP contribution in [0.4, 0.5) is 4.39 Å². The summed E-state index contributed by atoms with van der Waals surface area (Å²) in [5.74, 6) is -1.07. The smallest absolute Gasteiger partial charge is 0.249 e. The van der Waals surface area contributed by atoms with Crippen molar-refractivity contribution in [1.29, 1.82) is 0 Å². The first kappa shape index (κ1) is 15.5. The van der Waals surface area contributed by atoms with Crippen LogP contribution in [0.2, 0.25) is 5.02 Å². The Bertz CT molecular complexity index is 673. The van der Waals surface area contributed by atoms with Crippen molar-refractivity contribution in [3.63, 3.8) is 0 Å². The normalized spacial score (nSPS) is 10.6. The molecule has 0 saturated carbocycles. The van der Waals surface area contributed by atoms with E-state index in [1.165, 1.54) is 12.1 Å². The molecule has 5 heteroatoms. The van der Waals surface area contributed by atoms with Gasteiger partial charge in [-0.2, -0.15) is 0 Å². The summed E-state index contributed by atoms with van der Waals surface area (Å²) in [5.41, 5.74) is 7.93. The number of aliphatic hydroxyl groups excluding tert-OH is 1. The predicted octanol–water partition coefficient (Wildman–Crippen LogP) is 3.17. The molecule has 3 nitrogen and oxygen atoms in total. The van der Waals surface area contributed by atoms with Crippen molar-refractivity contribution in [2.24, 2.45) is 5.73 Å². The van der Waals surface area contributed by atoms with Crippen molar-refractivity contribution in [2.45, 2.75) is 12.8 Å². The molecule has 2 rings (SSSR count). The van der Waals surface area contributed by atoms with E-state index in [9.17, 15) is 9.18 Å². The lowest BCUT2D eigenvalue weighted by molar-refractivity contribution is 0.100. The zero-order valence-corrected chi connectivity index (χ0v) is 12.0. The van der Waals surface area contributed by atoms with Gasteiger partial charge in [0.2, 0.25) is 5.91 Å². The van der Waals surface area contributed by atoms with Crippen molar-refractivity contribution in [3.05, 3.63) is 58.4 Å². The van der Waals surface area contributed by atoms with Crippen LogP contribution in [0, 0.1) is 5.82 Å². The molecule has 3 N–H and O–H groups in total. The van der Waals surface area contributed by atoms with Gasteiger partial charge in [-0.3, -0.25) is 4.79 Å². The third-order valence-corrected chi connectivity index (χ3v) is 3.49. The number of halogens is 2. The fourth-order valence-corrected chi connectivity index (χ4v) is 2.33. The zero-order chi connectivity index (χ0) is 15.4. The zero-order valence-electron chi connectivity index (χ0n) is 11.3. The second kappa shape index (κ2) is 6.70. The molecule has 0 radical (unpaired) electrons. The second-order valence-corrected chi connectivity index (χ2v) is 5.11. The lowest BCUT2D eigenvalue weighted by atomic mass is 9.95. The Morgan fingerprint density at radius 2 is 2.00 bits per heavy atom. The fraction of sp³-hybridized carbons (Fsp3) is 0.188. The van der Waals surface area contributed by atoms with Crippen molar-refractivity contribution in [1.82, 2.24) is 0 Å². The van der Waals surface area contributed by atoms with Crippen LogP contribution >= 0.6 is 11.6 Å². The predicted molar refractivity (Wildman–Crippen MR) is 80.8 cm³/mol. The van der Waals surface area contributed by atoms with Crippen LogP contribution in [0.25, 0.3) is 11.1 Å². The maximum atomic E-state index is 13.2. The highest BCUT2D eigenvalue weighted by Crippen LogP contribution is 2.28. The third-order valence-electron chi connectivity index (χ3n) is 3.20. The second-order valence-electron chi connectivity index (χ2n) is 4.70. The summed E-state index contributed by atoms with van der Waals surface area (Å²) in [5, 5.41) is 8.85. The van der Waals surface area contributed by atoms with Gasteiger partial charge in [0.1, 0.15) is 5.82 Å². The quantitative estimate of drug-likeness (QED) is 0.891. The summed E-state index contributed by atoms with van der Waals surface area (Å²) in [7, 11) is 0. The van der Waals surface area contributed by atoms with Gasteiger partial charge in [-0.15, -0.1) is 0 Å². The minimum atomic E-state index is -0.559. The van der Waals surface area contributed by atoms with Gasteiger partial charge >= 0.3 is 0 Å². The molecule has 110 valence electrons. The van der Waals surface area contributed by atoms with E-state index in [2.05, 4.69) is 0 Å². The summed E-state index contributed by atoms with van der Waals surface area (Å²) in [6.07, 6.45) is 1.27. The molecule has 0 fully saturated rings. The molecular formula is C16H15ClFNO2. The number of primary amides is 1. The molecule has 0 bridgehead atoms. The van der Waals surface area contributed by atoms with Crippen molar-refractivity contribution < 1.29 is 14.3 Å². The van der Waals surface area contributed by atoms with Gasteiger partial charge in [0.25, 0.3) is 0 Å². The number of amides is 1. The molecule has 1 amide bonds. The Kier molecular flexibility index (Phi) is 4.94. The van der Waals surface area contributed by atoms with Crippen molar-refractivity contribution in [3.8, 4) is 11.1 Å². The van der Waals surface area contributed by atoms with Gasteiger partial charge < -0.3 is 10.8 Å². The van der Waals surface area contributed by atoms with Crippen LogP contribution in [0.1, 0.15) is 22.3 Å². The number of rotatable bonds is 5. The number of aliphatic hydroxyl groups is 1. The third kappa shape index (κ3) is 3.60. The average Bonchev–Trinajstić information content (AvgIpc) is 2.47. The highest BCUT2D eigenvalue weighted by molar-refractivity contribution is 6.31. The maximum absolute atomic E-state index is 13.2. The number of hydrogen-bond donors (Lipinski definition) is 2. The molecule has 0 unspecified atom stereocenters. The summed E-state index contributed by atoms with van der Waals surface area (Å²) in [6, 6.07) is 9.58. The Morgan fingerprint density at radius 1 is 1.24 bits per heavy atom. The van der Waals surface area contributed by atoms with Gasteiger partial charge in [-0.05, 0) is 47.7 Å². The number of carbonyl (C=O) groups excluding carboxylic acids is 1. The standard InChI is InChI=1S/C16H15ClFNO2/c17-14-9-11(4-6-15(14)18)12-5-3-10(2-1-7-20)8-13(12)16(19)21/h3-6,8-9,20H,1-2,7H2,(H2,19,21). The Morgan fingerprint density at radius 3 is 2.62 bits per heavy atom. The Labute approximate surface area is 127 Å². The van der Waals surface area contributed by atoms with E-state index in [4.69, 9.17) is 22.4 Å². The fourth-order valence-electron chi connectivity index (χ4n) is 2.15. The number of aryl methyl sites for hydroxylation is 1. The van der Waals surface area contributed by atoms with Crippen molar-refractivity contribution >= 4 is 17.5 Å². The number of nitrogens with two attached hydrogens (primary N) is 1. The SMILES string of the molecule is NC(=O)c1cc(CCCO)ccc1-c1ccc(F)c(Cl)c1. The molecular weight excluding hydrogens is 293 g/mol. The molecule has 0 atom stereocenters. The minimum Gasteiger partial charge on any atom is -0.396 e. The molecule has 2 aromatic carbocycles. The first-order valence-electron chi connectivity index (χ1n) is 6.52. The van der Waals surface area contributed by atoms with Gasteiger partial charge in [-0.1, -0.05) is 29.8 Å². The van der Waals surface area contributed by atoms with E-state index in [0.29, 0.717) is 29.5 Å². The topological polar surface area (TPSA) is 63.3 Å². The van der Waals surface area contributed by atoms with Gasteiger partial charge in [0, 0.05) is 12.2 Å². The highest BCUT2D eigenvalue weighted by Gasteiger charge is 2.12. The Balaban J connectivity index is 2.47. The van der Waals surface area contributed by atoms with Crippen molar-refractivity contribution in [2.75, 3.05) is 6.61 Å². The number of hydrogen-bond acceptors (Lipinski definition) is 2. The molecule has 0 spiro atoms. The highest BCUT2D eigenvalue weighted by atomic mass is 35.5. The molecule has 0 heterocycles. The van der Waals surface area contributed by atoms with Crippen LogP contribution in [-0.4, -0.2) is 17.6 Å². The average molecular weight is 308 g/mol. The molecule has 0 saturated heterocycles. The minimum absolute atomic E-state index is 0.00715. The van der Waals surface area contributed by atoms with Gasteiger partial charge in [-0.25, -0.2) is 4.39 Å². The number of benzene rings is 2. The van der Waals surface area contributed by atoms with Crippen LogP contribution in [-0.2, 0) is 6.42 Å². The van der Waals surface area contributed by atoms with E-state index in [1.807, 2.05) is 6.07 Å². The lowest BCUT2D eigenvalue weighted by Gasteiger charge is -2.10. The largest absolute Gasteiger partial charge is 0.396 e. The molecule has 0 aliphatic rings. The van der Waals surface area contributed by atoms with Gasteiger partial charge in [0.15, 0.2) is 0 Å². The Hall–Kier alpha value is -1.91. The molecule has 0 aliphatic heterocycles. The van der Waals surface area contributed by atoms with Gasteiger partial charge in [0.05, 0.1) is 5.02 Å². The monoisotopic (exact) mass is 307 g/mol. The summed E-state index contributed by atoms with van der Waals surface area (Å²) < 4.78 is 13.2. The van der Waals surface area contributed by atoms with E-state index < -0.39 is 11.7 Å². The molecule has 21 heavy (non-hydrogen) atoms. The van der Waals surface area contributed by atoms with Crippen LogP contribution in [0.3, 0.4) is 0 Å². The van der Waals surface area contributed by atoms with E-state index in [1.54, 1.807) is 18.2 Å². The van der Waals surface area contributed by atoms with E-state index in [-0.39, 0.29) is 11.6 Å². The molecule has 0 aliphatic carbocycles. The van der Waals surface area contributed by atoms with Crippen LogP contribution in [0.5, 0.6) is 0 Å². The number of carbonyl (C=O) groups is 1. The summed E-state index contributed by atoms with van der Waals surface area (Å²) in [4.78, 5) is 11.6. The molecule has 2 aromatic rings. The first-order valence-corrected chi connectivity index (χ1v) is 6.89. The van der Waals surface area contributed by atoms with E-state index in [0.717, 1.165) is 5.56 Å². The van der Waals surface area contributed by atoms with E-state index >= 15 is 0 Å². The molecule has 0 aromatic heterocycles.